The number of hydrogen-bond donors (Lipinski definition) is 4. The van der Waals surface area contributed by atoms with Gasteiger partial charge in [0.05, 0.1) is 23.1 Å². The summed E-state index contributed by atoms with van der Waals surface area (Å²) < 4.78 is 2.09. The van der Waals surface area contributed by atoms with Gasteiger partial charge in [0.25, 0.3) is 5.91 Å². The van der Waals surface area contributed by atoms with Crippen molar-refractivity contribution in [2.24, 2.45) is 0 Å². The molecule has 5 aromatic rings. The molecule has 2 aromatic heterocycles. The summed E-state index contributed by atoms with van der Waals surface area (Å²) in [5.74, 6) is 0.351. The van der Waals surface area contributed by atoms with Gasteiger partial charge in [0.15, 0.2) is 0 Å². The van der Waals surface area contributed by atoms with Crippen LogP contribution in [0.3, 0.4) is 0 Å². The van der Waals surface area contributed by atoms with E-state index in [1.54, 1.807) is 0 Å². The van der Waals surface area contributed by atoms with Crippen molar-refractivity contribution < 1.29 is 4.79 Å². The third-order valence-corrected chi connectivity index (χ3v) is 7.28. The fourth-order valence-electron chi connectivity index (χ4n) is 5.06. The summed E-state index contributed by atoms with van der Waals surface area (Å²) >= 11 is 0. The summed E-state index contributed by atoms with van der Waals surface area (Å²) in [5, 5.41) is 13.9. The van der Waals surface area contributed by atoms with Gasteiger partial charge >= 0.3 is 0 Å². The van der Waals surface area contributed by atoms with Crippen LogP contribution in [0.25, 0.3) is 22.3 Å². The molecule has 9 nitrogen and oxygen atoms in total. The van der Waals surface area contributed by atoms with Crippen molar-refractivity contribution in [2.75, 3.05) is 36.5 Å². The summed E-state index contributed by atoms with van der Waals surface area (Å²) in [6.45, 7) is 2.87. The Balaban J connectivity index is 1.12. The van der Waals surface area contributed by atoms with Gasteiger partial charge in [-0.25, -0.2) is 4.98 Å². The minimum atomic E-state index is -0.188. The highest BCUT2D eigenvalue weighted by Crippen LogP contribution is 2.25. The summed E-state index contributed by atoms with van der Waals surface area (Å²) in [6.07, 6.45) is 4.08. The van der Waals surface area contributed by atoms with Crippen LogP contribution in [0.1, 0.15) is 28.8 Å². The molecule has 9 heteroatoms. The van der Waals surface area contributed by atoms with Gasteiger partial charge < -0.3 is 25.8 Å². The zero-order chi connectivity index (χ0) is 26.8. The lowest BCUT2D eigenvalue weighted by molar-refractivity contribution is 0.102. The normalized spacial score (nSPS) is 14.5. The number of likely N-dealkylation sites (tertiary alicyclic amines) is 1. The second kappa shape index (κ2) is 10.6. The van der Waals surface area contributed by atoms with Crippen LogP contribution < -0.4 is 16.4 Å². The predicted octanol–water partition coefficient (Wildman–Crippen LogP) is 4.82. The quantitative estimate of drug-likeness (QED) is 0.229. The second-order valence-electron chi connectivity index (χ2n) is 10.2. The van der Waals surface area contributed by atoms with Gasteiger partial charge in [0.1, 0.15) is 5.82 Å². The highest BCUT2D eigenvalue weighted by Gasteiger charge is 2.17. The molecule has 39 heavy (non-hydrogen) atoms. The van der Waals surface area contributed by atoms with E-state index in [9.17, 15) is 4.79 Å². The lowest BCUT2D eigenvalue weighted by atomic mass is 10.0. The predicted molar refractivity (Wildman–Crippen MR) is 156 cm³/mol. The molecular formula is C30H32N8O. The van der Waals surface area contributed by atoms with Gasteiger partial charge in [-0.2, -0.15) is 5.10 Å². The maximum atomic E-state index is 12.9. The van der Waals surface area contributed by atoms with Gasteiger partial charge in [-0.15, -0.1) is 0 Å². The molecule has 1 saturated heterocycles. The van der Waals surface area contributed by atoms with Crippen LogP contribution in [0.15, 0.2) is 79.1 Å². The zero-order valence-corrected chi connectivity index (χ0v) is 21.9. The molecular weight excluding hydrogens is 488 g/mol. The van der Waals surface area contributed by atoms with E-state index in [-0.39, 0.29) is 5.91 Å². The topological polar surface area (TPSA) is 117 Å². The second-order valence-corrected chi connectivity index (χ2v) is 10.2. The van der Waals surface area contributed by atoms with Gasteiger partial charge in [-0.3, -0.25) is 9.89 Å². The number of hydrogen-bond acceptors (Lipinski definition) is 6. The summed E-state index contributed by atoms with van der Waals surface area (Å²) in [6, 6.07) is 23.8. The zero-order valence-electron chi connectivity index (χ0n) is 21.9. The van der Waals surface area contributed by atoms with E-state index in [0.29, 0.717) is 24.0 Å². The monoisotopic (exact) mass is 520 g/mol. The smallest absolute Gasteiger partial charge is 0.256 e. The lowest BCUT2D eigenvalue weighted by Gasteiger charge is -2.30. The van der Waals surface area contributed by atoms with Crippen LogP contribution in [-0.4, -0.2) is 56.7 Å². The average Bonchev–Trinajstić information content (AvgIpc) is 3.57. The number of aromatic nitrogens is 4. The van der Waals surface area contributed by atoms with Crippen LogP contribution in [0, 0.1) is 0 Å². The molecule has 1 aliphatic heterocycles. The van der Waals surface area contributed by atoms with Gasteiger partial charge in [0, 0.05) is 41.2 Å². The number of anilines is 3. The highest BCUT2D eigenvalue weighted by molar-refractivity contribution is 6.04. The largest absolute Gasteiger partial charge is 0.399 e. The first-order valence-corrected chi connectivity index (χ1v) is 13.2. The number of amides is 1. The molecule has 1 aliphatic rings. The molecule has 5 N–H and O–H groups in total. The van der Waals surface area contributed by atoms with Crippen molar-refractivity contribution >= 4 is 34.1 Å². The first-order valence-electron chi connectivity index (χ1n) is 13.2. The molecule has 3 heterocycles. The van der Waals surface area contributed by atoms with Gasteiger partial charge in [-0.05, 0) is 87.1 Å². The Labute approximate surface area is 227 Å². The number of nitrogens with two attached hydrogens (primary N) is 1. The summed E-state index contributed by atoms with van der Waals surface area (Å²) in [5.41, 5.74) is 13.0. The van der Waals surface area contributed by atoms with Crippen LogP contribution in [0.5, 0.6) is 0 Å². The number of rotatable bonds is 7. The molecule has 0 spiro atoms. The average molecular weight is 521 g/mol. The molecule has 0 aliphatic carbocycles. The summed E-state index contributed by atoms with van der Waals surface area (Å²) in [7, 11) is 2.16. The fraction of sp³-hybridized carbons (Fsp3) is 0.233. The number of fused-ring (bicyclic) bond motifs is 1. The fourth-order valence-corrected chi connectivity index (χ4v) is 5.06. The maximum Gasteiger partial charge on any atom is 0.256 e. The SMILES string of the molecule is CN1CCC(Nc2ccc(C(=O)Nc3cc(-c4ccc5ncn(Cc6cccc(N)c6)c5c4)n[nH]3)cc2)CC1. The Morgan fingerprint density at radius 2 is 1.87 bits per heavy atom. The molecule has 0 radical (unpaired) electrons. The Hall–Kier alpha value is -4.63. The van der Waals surface area contributed by atoms with Crippen molar-refractivity contribution in [1.82, 2.24) is 24.6 Å². The van der Waals surface area contributed by atoms with E-state index in [1.165, 1.54) is 0 Å². The first kappa shape index (κ1) is 24.7. The van der Waals surface area contributed by atoms with E-state index in [2.05, 4.69) is 54.5 Å². The van der Waals surface area contributed by atoms with Crippen molar-refractivity contribution in [3.8, 4) is 11.3 Å². The lowest BCUT2D eigenvalue weighted by Crippen LogP contribution is -2.36. The minimum absolute atomic E-state index is 0.188. The Morgan fingerprint density at radius 1 is 1.05 bits per heavy atom. The van der Waals surface area contributed by atoms with Gasteiger partial charge in [-0.1, -0.05) is 18.2 Å². The van der Waals surface area contributed by atoms with Crippen molar-refractivity contribution in [1.29, 1.82) is 0 Å². The van der Waals surface area contributed by atoms with Crippen molar-refractivity contribution in [3.05, 3.63) is 90.3 Å². The first-order chi connectivity index (χ1) is 19.0. The Kier molecular flexibility index (Phi) is 6.73. The number of piperidine rings is 1. The number of H-pyrrole nitrogens is 1. The third-order valence-electron chi connectivity index (χ3n) is 7.28. The standard InChI is InChI=1S/C30H32N8O/c1-37-13-11-25(12-14-37)33-24-8-5-21(6-9-24)30(39)34-29-17-27(35-36-29)22-7-10-26-28(16-22)38(19-32-26)18-20-3-2-4-23(31)15-20/h2-10,15-17,19,25,33H,11-14,18,31H2,1H3,(H2,34,35,36,39). The highest BCUT2D eigenvalue weighted by atomic mass is 16.1. The molecule has 0 unspecified atom stereocenters. The number of carbonyl (C=O) groups is 1. The number of nitrogens with zero attached hydrogens (tertiary/aromatic N) is 4. The molecule has 0 saturated carbocycles. The van der Waals surface area contributed by atoms with Crippen LogP contribution in [-0.2, 0) is 6.54 Å². The van der Waals surface area contributed by atoms with E-state index in [4.69, 9.17) is 5.73 Å². The molecule has 0 bridgehead atoms. The summed E-state index contributed by atoms with van der Waals surface area (Å²) in [4.78, 5) is 19.8. The molecule has 1 amide bonds. The van der Waals surface area contributed by atoms with Crippen molar-refractivity contribution in [2.45, 2.75) is 25.4 Å². The van der Waals surface area contributed by atoms with Crippen LogP contribution >= 0.6 is 0 Å². The number of nitrogen functional groups attached to an aromatic ring is 1. The minimum Gasteiger partial charge on any atom is -0.399 e. The molecule has 0 atom stereocenters. The number of carbonyl (C=O) groups excluding carboxylic acids is 1. The number of imidazole rings is 1. The molecule has 3 aromatic carbocycles. The number of aromatic amines is 1. The van der Waals surface area contributed by atoms with Crippen LogP contribution in [0.2, 0.25) is 0 Å². The Morgan fingerprint density at radius 3 is 2.67 bits per heavy atom. The maximum absolute atomic E-state index is 12.9. The van der Waals surface area contributed by atoms with Crippen molar-refractivity contribution in [3.63, 3.8) is 0 Å². The molecule has 6 rings (SSSR count). The molecule has 198 valence electrons. The van der Waals surface area contributed by atoms with E-state index in [0.717, 1.165) is 65.2 Å². The van der Waals surface area contributed by atoms with Gasteiger partial charge in [0.2, 0.25) is 0 Å². The molecule has 1 fully saturated rings. The number of nitrogens with one attached hydrogen (secondary N) is 3. The van der Waals surface area contributed by atoms with E-state index >= 15 is 0 Å². The number of benzene rings is 3. The van der Waals surface area contributed by atoms with E-state index < -0.39 is 0 Å². The van der Waals surface area contributed by atoms with Crippen LogP contribution in [0.4, 0.5) is 17.2 Å². The van der Waals surface area contributed by atoms with E-state index in [1.807, 2.05) is 67.0 Å². The Bertz CT molecular complexity index is 1600. The third kappa shape index (κ3) is 5.63.